The van der Waals surface area contributed by atoms with Gasteiger partial charge in [-0.05, 0) is 25.2 Å². The quantitative estimate of drug-likeness (QED) is 0.642. The molecule has 0 atom stereocenters. The maximum absolute atomic E-state index is 13.6. The van der Waals surface area contributed by atoms with Crippen LogP contribution < -0.4 is 15.8 Å². The molecule has 0 aliphatic heterocycles. The molecule has 0 fully saturated rings. The first kappa shape index (κ1) is 16.6. The molecule has 1 rings (SSSR count). The summed E-state index contributed by atoms with van der Waals surface area (Å²) >= 11 is 0. The standard InChI is InChI=1S/C15H25FN2O2/c1-4-20-14-9-13(12(17)8-11(14)16)18-10-15(2,3)6-5-7-19/h8-9,18-19H,4-7,10,17H2,1-3H3. The van der Waals surface area contributed by atoms with Gasteiger partial charge in [-0.25, -0.2) is 4.39 Å². The van der Waals surface area contributed by atoms with Crippen molar-refractivity contribution in [2.24, 2.45) is 5.41 Å². The third-order valence-electron chi connectivity index (χ3n) is 3.17. The van der Waals surface area contributed by atoms with Gasteiger partial charge in [0.25, 0.3) is 0 Å². The van der Waals surface area contributed by atoms with E-state index in [0.29, 0.717) is 24.5 Å². The fraction of sp³-hybridized carbons (Fsp3) is 0.600. The number of benzene rings is 1. The van der Waals surface area contributed by atoms with E-state index in [0.717, 1.165) is 12.8 Å². The monoisotopic (exact) mass is 284 g/mol. The summed E-state index contributed by atoms with van der Waals surface area (Å²) in [5.74, 6) is -0.244. The zero-order valence-electron chi connectivity index (χ0n) is 12.5. The molecule has 20 heavy (non-hydrogen) atoms. The van der Waals surface area contributed by atoms with Crippen LogP contribution in [0.5, 0.6) is 5.75 Å². The molecule has 0 bridgehead atoms. The summed E-state index contributed by atoms with van der Waals surface area (Å²) in [6.07, 6.45) is 1.66. The highest BCUT2D eigenvalue weighted by atomic mass is 19.1. The van der Waals surface area contributed by atoms with Crippen LogP contribution >= 0.6 is 0 Å². The molecule has 4 nitrogen and oxygen atoms in total. The van der Waals surface area contributed by atoms with Gasteiger partial charge < -0.3 is 20.9 Å². The number of nitrogen functional groups attached to an aromatic ring is 1. The molecule has 0 amide bonds. The Bertz CT molecular complexity index is 436. The van der Waals surface area contributed by atoms with Gasteiger partial charge in [0.05, 0.1) is 18.0 Å². The Hall–Kier alpha value is -1.49. The van der Waals surface area contributed by atoms with Gasteiger partial charge >= 0.3 is 0 Å². The summed E-state index contributed by atoms with van der Waals surface area (Å²) in [5.41, 5.74) is 6.88. The van der Waals surface area contributed by atoms with Crippen molar-refractivity contribution in [3.05, 3.63) is 17.9 Å². The van der Waals surface area contributed by atoms with Crippen molar-refractivity contribution in [1.29, 1.82) is 0 Å². The molecule has 0 heterocycles. The Balaban J connectivity index is 2.74. The number of rotatable bonds is 8. The summed E-state index contributed by atoms with van der Waals surface area (Å²) in [6, 6.07) is 2.87. The van der Waals surface area contributed by atoms with E-state index in [1.54, 1.807) is 13.0 Å². The Morgan fingerprint density at radius 3 is 2.70 bits per heavy atom. The second-order valence-electron chi connectivity index (χ2n) is 5.65. The van der Waals surface area contributed by atoms with Crippen LogP contribution in [-0.4, -0.2) is 24.9 Å². The first-order valence-corrected chi connectivity index (χ1v) is 6.96. The average molecular weight is 284 g/mol. The second kappa shape index (κ2) is 7.33. The average Bonchev–Trinajstić information content (AvgIpc) is 2.38. The summed E-state index contributed by atoms with van der Waals surface area (Å²) in [7, 11) is 0. The summed E-state index contributed by atoms with van der Waals surface area (Å²) in [4.78, 5) is 0. The lowest BCUT2D eigenvalue weighted by atomic mass is 9.88. The molecule has 0 aromatic heterocycles. The molecule has 0 radical (unpaired) electrons. The van der Waals surface area contributed by atoms with E-state index in [-0.39, 0.29) is 17.8 Å². The second-order valence-corrected chi connectivity index (χ2v) is 5.65. The van der Waals surface area contributed by atoms with Gasteiger partial charge in [-0.2, -0.15) is 0 Å². The van der Waals surface area contributed by atoms with Crippen LogP contribution in [0.2, 0.25) is 0 Å². The Morgan fingerprint density at radius 2 is 2.10 bits per heavy atom. The number of hydrogen-bond donors (Lipinski definition) is 3. The largest absolute Gasteiger partial charge is 0.491 e. The van der Waals surface area contributed by atoms with Crippen molar-refractivity contribution in [2.45, 2.75) is 33.6 Å². The first-order valence-electron chi connectivity index (χ1n) is 6.96. The Morgan fingerprint density at radius 1 is 1.40 bits per heavy atom. The topological polar surface area (TPSA) is 67.5 Å². The van der Waals surface area contributed by atoms with Crippen LogP contribution in [-0.2, 0) is 0 Å². The van der Waals surface area contributed by atoms with Crippen LogP contribution in [0.1, 0.15) is 33.6 Å². The van der Waals surface area contributed by atoms with Crippen molar-refractivity contribution >= 4 is 11.4 Å². The van der Waals surface area contributed by atoms with Crippen molar-refractivity contribution in [3.8, 4) is 5.75 Å². The highest BCUT2D eigenvalue weighted by Gasteiger charge is 2.18. The van der Waals surface area contributed by atoms with Crippen molar-refractivity contribution < 1.29 is 14.2 Å². The van der Waals surface area contributed by atoms with Crippen LogP contribution in [0.4, 0.5) is 15.8 Å². The summed E-state index contributed by atoms with van der Waals surface area (Å²) in [6.45, 7) is 7.31. The highest BCUT2D eigenvalue weighted by molar-refractivity contribution is 5.68. The van der Waals surface area contributed by atoms with E-state index in [1.165, 1.54) is 6.07 Å². The highest BCUT2D eigenvalue weighted by Crippen LogP contribution is 2.30. The third-order valence-corrected chi connectivity index (χ3v) is 3.17. The number of ether oxygens (including phenoxy) is 1. The fourth-order valence-corrected chi connectivity index (χ4v) is 1.97. The smallest absolute Gasteiger partial charge is 0.167 e. The van der Waals surface area contributed by atoms with Gasteiger partial charge in [0.15, 0.2) is 11.6 Å². The molecule has 4 N–H and O–H groups in total. The van der Waals surface area contributed by atoms with E-state index in [9.17, 15) is 4.39 Å². The zero-order chi connectivity index (χ0) is 15.2. The summed E-state index contributed by atoms with van der Waals surface area (Å²) < 4.78 is 18.8. The molecular weight excluding hydrogens is 259 g/mol. The van der Waals surface area contributed by atoms with Gasteiger partial charge in [-0.15, -0.1) is 0 Å². The lowest BCUT2D eigenvalue weighted by molar-refractivity contribution is 0.248. The Kier molecular flexibility index (Phi) is 6.07. The first-order chi connectivity index (χ1) is 9.39. The third kappa shape index (κ3) is 4.89. The molecule has 0 aliphatic carbocycles. The van der Waals surface area contributed by atoms with Gasteiger partial charge in [-0.1, -0.05) is 13.8 Å². The Labute approximate surface area is 120 Å². The van der Waals surface area contributed by atoms with E-state index in [4.69, 9.17) is 15.6 Å². The predicted molar refractivity (Wildman–Crippen MR) is 80.6 cm³/mol. The molecule has 0 saturated carbocycles. The normalized spacial score (nSPS) is 11.4. The molecular formula is C15H25FN2O2. The lowest BCUT2D eigenvalue weighted by Gasteiger charge is -2.26. The zero-order valence-corrected chi connectivity index (χ0v) is 12.5. The van der Waals surface area contributed by atoms with E-state index in [2.05, 4.69) is 19.2 Å². The maximum Gasteiger partial charge on any atom is 0.167 e. The van der Waals surface area contributed by atoms with E-state index >= 15 is 0 Å². The maximum atomic E-state index is 13.6. The number of hydrogen-bond acceptors (Lipinski definition) is 4. The van der Waals surface area contributed by atoms with E-state index in [1.807, 2.05) is 0 Å². The van der Waals surface area contributed by atoms with Gasteiger partial charge in [0, 0.05) is 25.3 Å². The number of anilines is 2. The minimum absolute atomic E-state index is 0.0231. The number of nitrogens with two attached hydrogens (primary N) is 1. The van der Waals surface area contributed by atoms with Crippen LogP contribution in [0.25, 0.3) is 0 Å². The van der Waals surface area contributed by atoms with Crippen molar-refractivity contribution in [1.82, 2.24) is 0 Å². The molecule has 0 aliphatic rings. The number of halogens is 1. The molecule has 0 saturated heterocycles. The number of aliphatic hydroxyl groups excluding tert-OH is 1. The minimum atomic E-state index is -0.450. The molecule has 0 unspecified atom stereocenters. The lowest BCUT2D eigenvalue weighted by Crippen LogP contribution is -2.23. The molecule has 1 aromatic rings. The molecule has 5 heteroatoms. The van der Waals surface area contributed by atoms with Gasteiger partial charge in [-0.3, -0.25) is 0 Å². The number of aliphatic hydroxyl groups is 1. The summed E-state index contributed by atoms with van der Waals surface area (Å²) in [5, 5.41) is 12.1. The van der Waals surface area contributed by atoms with Gasteiger partial charge in [0.1, 0.15) is 0 Å². The van der Waals surface area contributed by atoms with Crippen molar-refractivity contribution in [2.75, 3.05) is 30.8 Å². The van der Waals surface area contributed by atoms with Crippen LogP contribution in [0.15, 0.2) is 12.1 Å². The fourth-order valence-electron chi connectivity index (χ4n) is 1.97. The number of nitrogens with one attached hydrogen (secondary N) is 1. The minimum Gasteiger partial charge on any atom is -0.491 e. The predicted octanol–water partition coefficient (Wildman–Crippen LogP) is 3.02. The van der Waals surface area contributed by atoms with E-state index < -0.39 is 5.82 Å². The molecule has 0 spiro atoms. The van der Waals surface area contributed by atoms with Crippen molar-refractivity contribution in [3.63, 3.8) is 0 Å². The SMILES string of the molecule is CCOc1cc(NCC(C)(C)CCCO)c(N)cc1F. The van der Waals surface area contributed by atoms with Gasteiger partial charge in [0.2, 0.25) is 0 Å². The van der Waals surface area contributed by atoms with Crippen LogP contribution in [0.3, 0.4) is 0 Å². The molecule has 1 aromatic carbocycles. The molecule has 114 valence electrons. The van der Waals surface area contributed by atoms with Crippen LogP contribution in [0, 0.1) is 11.2 Å².